The van der Waals surface area contributed by atoms with Gasteiger partial charge in [-0.25, -0.2) is 4.98 Å². The third kappa shape index (κ3) is 4.23. The fraction of sp³-hybridized carbons (Fsp3) is 0.545. The first-order valence-electron chi connectivity index (χ1n) is 5.10. The second-order valence-corrected chi connectivity index (χ2v) is 3.77. The maximum absolute atomic E-state index is 5.65. The zero-order valence-electron chi connectivity index (χ0n) is 8.96. The van der Waals surface area contributed by atoms with Gasteiger partial charge in [0.25, 0.3) is 0 Å². The summed E-state index contributed by atoms with van der Waals surface area (Å²) in [6, 6.07) is 4.35. The fourth-order valence-electron chi connectivity index (χ4n) is 1.21. The molecule has 0 saturated carbocycles. The van der Waals surface area contributed by atoms with Crippen LogP contribution in [-0.4, -0.2) is 17.6 Å². The second kappa shape index (κ2) is 5.60. The molecule has 0 amide bonds. The van der Waals surface area contributed by atoms with Gasteiger partial charge in [0.15, 0.2) is 0 Å². The van der Waals surface area contributed by atoms with Gasteiger partial charge < -0.3 is 11.1 Å². The maximum atomic E-state index is 5.65. The first-order valence-corrected chi connectivity index (χ1v) is 5.10. The van der Waals surface area contributed by atoms with E-state index in [-0.39, 0.29) is 0 Å². The molecule has 0 aliphatic carbocycles. The first-order chi connectivity index (χ1) is 6.68. The molecule has 3 nitrogen and oxygen atoms in total. The number of aromatic nitrogens is 1. The minimum atomic E-state index is 0.294. The van der Waals surface area contributed by atoms with Crippen LogP contribution in [-0.2, 0) is 0 Å². The lowest BCUT2D eigenvalue weighted by Crippen LogP contribution is -2.16. The van der Waals surface area contributed by atoms with Gasteiger partial charge in [0.05, 0.1) is 0 Å². The van der Waals surface area contributed by atoms with Crippen LogP contribution in [0.2, 0.25) is 0 Å². The Kier molecular flexibility index (Phi) is 4.40. The van der Waals surface area contributed by atoms with Crippen molar-refractivity contribution in [2.75, 3.05) is 11.9 Å². The van der Waals surface area contributed by atoms with Crippen LogP contribution in [0.3, 0.4) is 0 Å². The lowest BCUT2D eigenvalue weighted by molar-refractivity contribution is 0.639. The summed E-state index contributed by atoms with van der Waals surface area (Å²) in [4.78, 5) is 4.25. The lowest BCUT2D eigenvalue weighted by atomic mass is 10.2. The van der Waals surface area contributed by atoms with E-state index in [1.165, 1.54) is 5.56 Å². The fourth-order valence-corrected chi connectivity index (χ4v) is 1.21. The molecule has 1 rings (SSSR count). The molecule has 78 valence electrons. The van der Waals surface area contributed by atoms with Crippen LogP contribution in [0.4, 0.5) is 5.82 Å². The van der Waals surface area contributed by atoms with Crippen molar-refractivity contribution >= 4 is 5.82 Å². The van der Waals surface area contributed by atoms with Crippen LogP contribution >= 0.6 is 0 Å². The number of nitrogens with zero attached hydrogens (tertiary/aromatic N) is 1. The van der Waals surface area contributed by atoms with Crippen molar-refractivity contribution in [2.24, 2.45) is 5.73 Å². The predicted octanol–water partition coefficient (Wildman–Crippen LogP) is 1.93. The molecule has 1 heterocycles. The smallest absolute Gasteiger partial charge is 0.125 e. The highest BCUT2D eigenvalue weighted by molar-refractivity contribution is 5.34. The average Bonchev–Trinajstić information content (AvgIpc) is 2.15. The molecule has 0 saturated heterocycles. The molecule has 1 atom stereocenters. The van der Waals surface area contributed by atoms with Gasteiger partial charge in [-0.05, 0) is 38.3 Å². The van der Waals surface area contributed by atoms with Crippen LogP contribution in [0.5, 0.6) is 0 Å². The highest BCUT2D eigenvalue weighted by Gasteiger charge is 1.95. The summed E-state index contributed by atoms with van der Waals surface area (Å²) >= 11 is 0. The van der Waals surface area contributed by atoms with Gasteiger partial charge in [-0.2, -0.15) is 0 Å². The molecule has 1 aromatic heterocycles. The lowest BCUT2D eigenvalue weighted by Gasteiger charge is -2.07. The molecule has 1 unspecified atom stereocenters. The zero-order valence-corrected chi connectivity index (χ0v) is 8.96. The van der Waals surface area contributed by atoms with E-state index in [1.54, 1.807) is 0 Å². The third-order valence-electron chi connectivity index (χ3n) is 2.05. The quantitative estimate of drug-likeness (QED) is 0.702. The van der Waals surface area contributed by atoms with Gasteiger partial charge in [0.1, 0.15) is 5.82 Å². The molecule has 0 bridgehead atoms. The standard InChI is InChI=1S/C11H19N3/c1-9-5-6-11(14-8-9)13-7-3-4-10(2)12/h5-6,8,10H,3-4,7,12H2,1-2H3,(H,13,14). The summed E-state index contributed by atoms with van der Waals surface area (Å²) in [6.07, 6.45) is 4.01. The molecule has 3 heteroatoms. The van der Waals surface area contributed by atoms with Gasteiger partial charge in [0, 0.05) is 18.8 Å². The molecule has 3 N–H and O–H groups in total. The van der Waals surface area contributed by atoms with Crippen molar-refractivity contribution < 1.29 is 0 Å². The number of pyridine rings is 1. The van der Waals surface area contributed by atoms with E-state index < -0.39 is 0 Å². The number of anilines is 1. The Balaban J connectivity index is 2.21. The monoisotopic (exact) mass is 193 g/mol. The van der Waals surface area contributed by atoms with Gasteiger partial charge in [0.2, 0.25) is 0 Å². The Morgan fingerprint density at radius 2 is 2.29 bits per heavy atom. The van der Waals surface area contributed by atoms with Crippen LogP contribution in [0.1, 0.15) is 25.3 Å². The molecule has 0 aliphatic rings. The first kappa shape index (κ1) is 11.0. The average molecular weight is 193 g/mol. The predicted molar refractivity (Wildman–Crippen MR) is 60.3 cm³/mol. The third-order valence-corrected chi connectivity index (χ3v) is 2.05. The highest BCUT2D eigenvalue weighted by atomic mass is 15.0. The zero-order chi connectivity index (χ0) is 10.4. The minimum absolute atomic E-state index is 0.294. The van der Waals surface area contributed by atoms with Gasteiger partial charge in [-0.3, -0.25) is 0 Å². The van der Waals surface area contributed by atoms with E-state index >= 15 is 0 Å². The molecule has 1 aromatic rings. The van der Waals surface area contributed by atoms with E-state index in [0.29, 0.717) is 6.04 Å². The van der Waals surface area contributed by atoms with E-state index in [9.17, 15) is 0 Å². The van der Waals surface area contributed by atoms with E-state index in [1.807, 2.05) is 26.1 Å². The Labute approximate surface area is 85.7 Å². The largest absolute Gasteiger partial charge is 0.370 e. The summed E-state index contributed by atoms with van der Waals surface area (Å²) in [5.74, 6) is 0.945. The summed E-state index contributed by atoms with van der Waals surface area (Å²) in [7, 11) is 0. The van der Waals surface area contributed by atoms with Gasteiger partial charge in [-0.1, -0.05) is 6.07 Å². The van der Waals surface area contributed by atoms with E-state index in [2.05, 4.69) is 16.4 Å². The molecule has 0 aliphatic heterocycles. The molecule has 0 fully saturated rings. The van der Waals surface area contributed by atoms with Crippen molar-refractivity contribution in [3.8, 4) is 0 Å². The number of nitrogens with two attached hydrogens (primary N) is 1. The summed E-state index contributed by atoms with van der Waals surface area (Å²) in [6.45, 7) is 5.01. The van der Waals surface area contributed by atoms with E-state index in [4.69, 9.17) is 5.73 Å². The Bertz CT molecular complexity index is 254. The van der Waals surface area contributed by atoms with Crippen LogP contribution in [0.15, 0.2) is 18.3 Å². The SMILES string of the molecule is Cc1ccc(NCCCC(C)N)nc1. The normalized spacial score (nSPS) is 12.5. The second-order valence-electron chi connectivity index (χ2n) is 3.77. The van der Waals surface area contributed by atoms with Crippen LogP contribution in [0, 0.1) is 6.92 Å². The number of rotatable bonds is 5. The highest BCUT2D eigenvalue weighted by Crippen LogP contribution is 2.04. The Morgan fingerprint density at radius 3 is 2.86 bits per heavy atom. The van der Waals surface area contributed by atoms with Crippen LogP contribution < -0.4 is 11.1 Å². The number of nitrogens with one attached hydrogen (secondary N) is 1. The topological polar surface area (TPSA) is 50.9 Å². The maximum Gasteiger partial charge on any atom is 0.125 e. The van der Waals surface area contributed by atoms with Crippen LogP contribution in [0.25, 0.3) is 0 Å². The molecule has 0 aromatic carbocycles. The van der Waals surface area contributed by atoms with Crippen molar-refractivity contribution in [3.05, 3.63) is 23.9 Å². The molecule has 0 radical (unpaired) electrons. The Morgan fingerprint density at radius 1 is 1.50 bits per heavy atom. The summed E-state index contributed by atoms with van der Waals surface area (Å²) in [5, 5.41) is 3.26. The molecule has 14 heavy (non-hydrogen) atoms. The Hall–Kier alpha value is -1.09. The van der Waals surface area contributed by atoms with Gasteiger partial charge in [-0.15, -0.1) is 0 Å². The van der Waals surface area contributed by atoms with E-state index in [0.717, 1.165) is 25.2 Å². The van der Waals surface area contributed by atoms with Gasteiger partial charge >= 0.3 is 0 Å². The van der Waals surface area contributed by atoms with Crippen molar-refractivity contribution in [3.63, 3.8) is 0 Å². The number of aryl methyl sites for hydroxylation is 1. The van der Waals surface area contributed by atoms with Crippen molar-refractivity contribution in [1.82, 2.24) is 4.98 Å². The van der Waals surface area contributed by atoms with Crippen molar-refractivity contribution in [1.29, 1.82) is 0 Å². The molecular weight excluding hydrogens is 174 g/mol. The number of hydrogen-bond acceptors (Lipinski definition) is 3. The molecular formula is C11H19N3. The number of hydrogen-bond donors (Lipinski definition) is 2. The summed E-state index contributed by atoms with van der Waals surface area (Å²) in [5.41, 5.74) is 6.83. The van der Waals surface area contributed by atoms with Crippen molar-refractivity contribution in [2.45, 2.75) is 32.7 Å². The summed E-state index contributed by atoms with van der Waals surface area (Å²) < 4.78 is 0. The molecule has 0 spiro atoms. The minimum Gasteiger partial charge on any atom is -0.370 e.